The zero-order valence-corrected chi connectivity index (χ0v) is 14.8. The number of nitrogens with one attached hydrogen (secondary N) is 1. The van der Waals surface area contributed by atoms with E-state index in [0.717, 1.165) is 12.1 Å². The number of hydrogen-bond acceptors (Lipinski definition) is 4. The molecule has 2 rings (SSSR count). The first-order chi connectivity index (χ1) is 12.1. The Balaban J connectivity index is 1.89. The van der Waals surface area contributed by atoms with E-state index in [9.17, 15) is 22.8 Å². The molecular weight excluding hydrogens is 375 g/mol. The largest absolute Gasteiger partial charge is 0.480 e. The Hall–Kier alpha value is -1.84. The number of nitrogens with zero attached hydrogens (tertiary/aromatic N) is 2. The van der Waals surface area contributed by atoms with Crippen molar-refractivity contribution in [1.29, 1.82) is 0 Å². The molecule has 10 heteroatoms. The summed E-state index contributed by atoms with van der Waals surface area (Å²) in [4.78, 5) is 26.7. The zero-order valence-electron chi connectivity index (χ0n) is 14.0. The fourth-order valence-corrected chi connectivity index (χ4v) is 2.91. The molecule has 1 saturated heterocycles. The lowest BCUT2D eigenvalue weighted by Gasteiger charge is -2.36. The lowest BCUT2D eigenvalue weighted by Crippen LogP contribution is -2.52. The van der Waals surface area contributed by atoms with E-state index in [1.54, 1.807) is 11.8 Å². The van der Waals surface area contributed by atoms with Crippen LogP contribution in [-0.2, 0) is 15.8 Å². The number of hydrogen-bond donors (Lipinski definition) is 2. The summed E-state index contributed by atoms with van der Waals surface area (Å²) in [5, 5.41) is 11.0. The van der Waals surface area contributed by atoms with Gasteiger partial charge in [0.1, 0.15) is 6.04 Å². The third-order valence-electron chi connectivity index (χ3n) is 4.23. The Morgan fingerprint density at radius 2 is 1.88 bits per heavy atom. The molecule has 1 unspecified atom stereocenters. The van der Waals surface area contributed by atoms with E-state index in [2.05, 4.69) is 5.32 Å². The van der Waals surface area contributed by atoms with Crippen molar-refractivity contribution in [2.75, 3.05) is 38.0 Å². The number of carbonyl (C=O) groups excluding carboxylic acids is 1. The van der Waals surface area contributed by atoms with Gasteiger partial charge in [-0.05, 0) is 25.1 Å². The Bertz CT molecular complexity index is 676. The molecule has 1 aliphatic heterocycles. The van der Waals surface area contributed by atoms with E-state index in [1.165, 1.54) is 6.07 Å². The van der Waals surface area contributed by atoms with Crippen LogP contribution in [0.15, 0.2) is 18.2 Å². The maximum Gasteiger partial charge on any atom is 0.417 e. The number of piperazine rings is 1. The lowest BCUT2D eigenvalue weighted by atomic mass is 10.2. The summed E-state index contributed by atoms with van der Waals surface area (Å²) in [6.07, 6.45) is -4.60. The second-order valence-electron chi connectivity index (χ2n) is 6.07. The molecule has 26 heavy (non-hydrogen) atoms. The Morgan fingerprint density at radius 1 is 1.27 bits per heavy atom. The molecule has 1 aromatic carbocycles. The van der Waals surface area contributed by atoms with Crippen LogP contribution in [0.5, 0.6) is 0 Å². The van der Waals surface area contributed by atoms with Crippen LogP contribution in [0.25, 0.3) is 0 Å². The average molecular weight is 394 g/mol. The molecule has 0 bridgehead atoms. The fraction of sp³-hybridized carbons (Fsp3) is 0.500. The number of aliphatic carboxylic acids is 1. The fourth-order valence-electron chi connectivity index (χ4n) is 2.69. The van der Waals surface area contributed by atoms with Crippen LogP contribution in [-0.4, -0.2) is 65.5 Å². The van der Waals surface area contributed by atoms with Gasteiger partial charge in [0.05, 0.1) is 17.1 Å². The van der Waals surface area contributed by atoms with E-state index < -0.39 is 34.7 Å². The minimum Gasteiger partial charge on any atom is -0.480 e. The van der Waals surface area contributed by atoms with Crippen LogP contribution in [0.2, 0.25) is 5.02 Å². The number of carboxylic acids is 1. The normalized spacial score (nSPS) is 17.7. The first-order valence-electron chi connectivity index (χ1n) is 7.93. The molecule has 1 fully saturated rings. The summed E-state index contributed by atoms with van der Waals surface area (Å²) in [6, 6.07) is 2.60. The Labute approximate surface area is 153 Å². The van der Waals surface area contributed by atoms with Crippen molar-refractivity contribution >= 4 is 29.2 Å². The first-order valence-corrected chi connectivity index (χ1v) is 8.31. The molecule has 6 nitrogen and oxygen atoms in total. The molecule has 144 valence electrons. The van der Waals surface area contributed by atoms with Gasteiger partial charge in [-0.15, -0.1) is 0 Å². The smallest absolute Gasteiger partial charge is 0.417 e. The van der Waals surface area contributed by atoms with Gasteiger partial charge in [0.2, 0.25) is 5.91 Å². The molecule has 0 radical (unpaired) electrons. The molecule has 1 amide bonds. The second kappa shape index (κ2) is 8.24. The van der Waals surface area contributed by atoms with Gasteiger partial charge in [0, 0.05) is 31.9 Å². The summed E-state index contributed by atoms with van der Waals surface area (Å²) >= 11 is 5.55. The van der Waals surface area contributed by atoms with E-state index in [0.29, 0.717) is 26.2 Å². The summed E-state index contributed by atoms with van der Waals surface area (Å²) in [5.41, 5.74) is -0.988. The highest BCUT2D eigenvalue weighted by molar-refractivity contribution is 6.31. The number of amides is 1. The predicted octanol–water partition coefficient (Wildman–Crippen LogP) is 2.39. The molecule has 0 aromatic heterocycles. The molecule has 0 saturated carbocycles. The maximum absolute atomic E-state index is 12.8. The number of halogens is 4. The standard InChI is InChI=1S/C16H19ClF3N3O3/c1-10(15(25)26)23-6-4-22(5-7-23)9-14(24)21-11-2-3-13(17)12(8-11)16(18,19)20/h2-3,8,10H,4-7,9H2,1H3,(H,21,24)(H,25,26). The van der Waals surface area contributed by atoms with Crippen LogP contribution in [0.3, 0.4) is 0 Å². The highest BCUT2D eigenvalue weighted by Crippen LogP contribution is 2.36. The van der Waals surface area contributed by atoms with E-state index >= 15 is 0 Å². The minimum absolute atomic E-state index is 0.0132. The van der Waals surface area contributed by atoms with Gasteiger partial charge in [0.25, 0.3) is 0 Å². The average Bonchev–Trinajstić information content (AvgIpc) is 2.55. The van der Waals surface area contributed by atoms with Gasteiger partial charge in [-0.2, -0.15) is 13.2 Å². The van der Waals surface area contributed by atoms with Gasteiger partial charge in [0.15, 0.2) is 0 Å². The maximum atomic E-state index is 12.8. The molecule has 1 aliphatic rings. The summed E-state index contributed by atoms with van der Waals surface area (Å²) < 4.78 is 38.5. The monoisotopic (exact) mass is 393 g/mol. The van der Waals surface area contributed by atoms with Gasteiger partial charge < -0.3 is 10.4 Å². The van der Waals surface area contributed by atoms with Crippen molar-refractivity contribution in [3.63, 3.8) is 0 Å². The number of anilines is 1. The Kier molecular flexibility index (Phi) is 6.48. The predicted molar refractivity (Wildman–Crippen MR) is 90.2 cm³/mol. The van der Waals surface area contributed by atoms with Gasteiger partial charge in [-0.3, -0.25) is 19.4 Å². The molecule has 1 aromatic rings. The SMILES string of the molecule is CC(C(=O)O)N1CCN(CC(=O)Nc2ccc(Cl)c(C(F)(F)F)c2)CC1. The Morgan fingerprint density at radius 3 is 2.42 bits per heavy atom. The molecular formula is C16H19ClF3N3O3. The van der Waals surface area contributed by atoms with Gasteiger partial charge >= 0.3 is 12.1 Å². The first kappa shape index (κ1) is 20.5. The third kappa shape index (κ3) is 5.33. The van der Waals surface area contributed by atoms with Crippen molar-refractivity contribution in [1.82, 2.24) is 9.80 Å². The number of alkyl halides is 3. The third-order valence-corrected chi connectivity index (χ3v) is 4.56. The summed E-state index contributed by atoms with van der Waals surface area (Å²) in [6.45, 7) is 3.61. The molecule has 1 heterocycles. The highest BCUT2D eigenvalue weighted by atomic mass is 35.5. The number of carboxylic acid groups (broad SMARTS) is 1. The summed E-state index contributed by atoms with van der Waals surface area (Å²) in [7, 11) is 0. The molecule has 1 atom stereocenters. The highest BCUT2D eigenvalue weighted by Gasteiger charge is 2.33. The minimum atomic E-state index is -4.60. The van der Waals surface area contributed by atoms with E-state index in [1.807, 2.05) is 4.90 Å². The van der Waals surface area contributed by atoms with Crippen LogP contribution < -0.4 is 5.32 Å². The van der Waals surface area contributed by atoms with Crippen molar-refractivity contribution in [3.05, 3.63) is 28.8 Å². The summed E-state index contributed by atoms with van der Waals surface area (Å²) in [5.74, 6) is -1.35. The van der Waals surface area contributed by atoms with Crippen molar-refractivity contribution in [3.8, 4) is 0 Å². The zero-order chi connectivity index (χ0) is 19.5. The van der Waals surface area contributed by atoms with E-state index in [-0.39, 0.29) is 12.2 Å². The van der Waals surface area contributed by atoms with Gasteiger partial charge in [-0.1, -0.05) is 11.6 Å². The molecule has 0 spiro atoms. The number of carbonyl (C=O) groups is 2. The number of benzene rings is 1. The van der Waals surface area contributed by atoms with Crippen molar-refractivity contribution in [2.24, 2.45) is 0 Å². The van der Waals surface area contributed by atoms with Crippen molar-refractivity contribution < 1.29 is 27.9 Å². The van der Waals surface area contributed by atoms with Crippen LogP contribution in [0.4, 0.5) is 18.9 Å². The lowest BCUT2D eigenvalue weighted by molar-refractivity contribution is -0.143. The van der Waals surface area contributed by atoms with Crippen molar-refractivity contribution in [2.45, 2.75) is 19.1 Å². The van der Waals surface area contributed by atoms with Crippen LogP contribution in [0.1, 0.15) is 12.5 Å². The van der Waals surface area contributed by atoms with E-state index in [4.69, 9.17) is 16.7 Å². The quantitative estimate of drug-likeness (QED) is 0.803. The molecule has 2 N–H and O–H groups in total. The topological polar surface area (TPSA) is 72.9 Å². The van der Waals surface area contributed by atoms with Gasteiger partial charge in [-0.25, -0.2) is 0 Å². The molecule has 0 aliphatic carbocycles. The number of rotatable bonds is 5. The second-order valence-corrected chi connectivity index (χ2v) is 6.47. The van der Waals surface area contributed by atoms with Crippen LogP contribution in [0, 0.1) is 0 Å². The van der Waals surface area contributed by atoms with Crippen LogP contribution >= 0.6 is 11.6 Å².